The van der Waals surface area contributed by atoms with Gasteiger partial charge in [-0.1, -0.05) is 18.2 Å². The van der Waals surface area contributed by atoms with E-state index in [1.165, 1.54) is 0 Å². The Balaban J connectivity index is 1.57. The van der Waals surface area contributed by atoms with Gasteiger partial charge < -0.3 is 9.80 Å². The molecule has 0 bridgehead atoms. The molecule has 1 aromatic carbocycles. The molecule has 126 valence electrons. The molecule has 3 aliphatic rings. The first-order valence-electron chi connectivity index (χ1n) is 8.60. The number of anilines is 1. The molecule has 4 rings (SSSR count). The van der Waals surface area contributed by atoms with E-state index >= 15 is 0 Å². The van der Waals surface area contributed by atoms with Gasteiger partial charge in [0.1, 0.15) is 12.6 Å². The summed E-state index contributed by atoms with van der Waals surface area (Å²) in [5.74, 6) is -0.402. The molecule has 0 unspecified atom stereocenters. The number of carbonyl (C=O) groups excluding carboxylic acids is 3. The summed E-state index contributed by atoms with van der Waals surface area (Å²) in [5.41, 5.74) is 2.05. The smallest absolute Gasteiger partial charge is 0.312 e. The Labute approximate surface area is 141 Å². The summed E-state index contributed by atoms with van der Waals surface area (Å²) in [5, 5.41) is 0. The second kappa shape index (κ2) is 5.61. The van der Waals surface area contributed by atoms with Crippen molar-refractivity contribution in [1.82, 2.24) is 9.80 Å². The fraction of sp³-hybridized carbons (Fsp3) is 0.500. The third-order valence-electron chi connectivity index (χ3n) is 5.37. The SMILES string of the molecule is C[C@H]1CCc2ccccc2N1C(=O)CN1C(=O)[C@@H]2CCCN2C1=O. The maximum absolute atomic E-state index is 12.9. The van der Waals surface area contributed by atoms with Gasteiger partial charge in [-0.15, -0.1) is 0 Å². The van der Waals surface area contributed by atoms with Crippen LogP contribution in [0.5, 0.6) is 0 Å². The molecule has 6 nitrogen and oxygen atoms in total. The standard InChI is InChI=1S/C18H21N3O3/c1-12-8-9-13-5-2-3-6-14(13)21(12)16(22)11-20-17(23)15-7-4-10-19(15)18(20)24/h2-3,5-6,12,15H,4,7-11H2,1H3/t12-,15-/m0/s1. The number of hydrogen-bond acceptors (Lipinski definition) is 3. The molecule has 0 saturated carbocycles. The first kappa shape index (κ1) is 15.2. The number of rotatable bonds is 2. The molecule has 0 radical (unpaired) electrons. The maximum Gasteiger partial charge on any atom is 0.327 e. The van der Waals surface area contributed by atoms with Crippen LogP contribution < -0.4 is 4.90 Å². The van der Waals surface area contributed by atoms with E-state index in [0.717, 1.165) is 35.4 Å². The Hall–Kier alpha value is -2.37. The van der Waals surface area contributed by atoms with Gasteiger partial charge in [-0.3, -0.25) is 14.5 Å². The largest absolute Gasteiger partial charge is 0.327 e. The molecule has 0 aromatic heterocycles. The van der Waals surface area contributed by atoms with Crippen molar-refractivity contribution in [2.45, 2.75) is 44.7 Å². The van der Waals surface area contributed by atoms with Crippen LogP contribution in [0.15, 0.2) is 24.3 Å². The minimum atomic E-state index is -0.351. The van der Waals surface area contributed by atoms with E-state index in [1.54, 1.807) is 9.80 Å². The monoisotopic (exact) mass is 327 g/mol. The summed E-state index contributed by atoms with van der Waals surface area (Å²) in [6.45, 7) is 2.46. The van der Waals surface area contributed by atoms with Gasteiger partial charge in [-0.25, -0.2) is 4.79 Å². The van der Waals surface area contributed by atoms with Crippen LogP contribution in [0, 0.1) is 0 Å². The summed E-state index contributed by atoms with van der Waals surface area (Å²) in [6, 6.07) is 7.27. The van der Waals surface area contributed by atoms with Crippen LogP contribution in [0.3, 0.4) is 0 Å². The Morgan fingerprint density at radius 1 is 1.21 bits per heavy atom. The minimum absolute atomic E-state index is 0.0695. The number of fused-ring (bicyclic) bond motifs is 2. The highest BCUT2D eigenvalue weighted by Crippen LogP contribution is 2.32. The van der Waals surface area contributed by atoms with Crippen molar-refractivity contribution in [3.63, 3.8) is 0 Å². The van der Waals surface area contributed by atoms with E-state index in [0.29, 0.717) is 13.0 Å². The molecule has 1 aromatic rings. The molecule has 6 heteroatoms. The predicted octanol–water partition coefficient (Wildman–Crippen LogP) is 1.78. The highest BCUT2D eigenvalue weighted by Gasteiger charge is 2.48. The zero-order valence-corrected chi connectivity index (χ0v) is 13.8. The first-order chi connectivity index (χ1) is 11.6. The van der Waals surface area contributed by atoms with Gasteiger partial charge in [0.25, 0.3) is 5.91 Å². The summed E-state index contributed by atoms with van der Waals surface area (Å²) in [7, 11) is 0. The van der Waals surface area contributed by atoms with Gasteiger partial charge in [0.2, 0.25) is 5.91 Å². The van der Waals surface area contributed by atoms with Gasteiger partial charge >= 0.3 is 6.03 Å². The molecule has 2 saturated heterocycles. The van der Waals surface area contributed by atoms with Crippen LogP contribution in [-0.4, -0.2) is 52.8 Å². The number of nitrogens with zero attached hydrogens (tertiary/aromatic N) is 3. The second-order valence-electron chi connectivity index (χ2n) is 6.84. The number of carbonyl (C=O) groups is 3. The highest BCUT2D eigenvalue weighted by atomic mass is 16.2. The fourth-order valence-corrected chi connectivity index (χ4v) is 4.11. The molecule has 3 aliphatic heterocycles. The van der Waals surface area contributed by atoms with Crippen LogP contribution in [0.25, 0.3) is 0 Å². The van der Waals surface area contributed by atoms with E-state index in [2.05, 4.69) is 0 Å². The lowest BCUT2D eigenvalue weighted by Crippen LogP contribution is -2.48. The van der Waals surface area contributed by atoms with Crippen LogP contribution in [0.4, 0.5) is 10.5 Å². The van der Waals surface area contributed by atoms with Crippen molar-refractivity contribution in [1.29, 1.82) is 0 Å². The molecule has 2 atom stereocenters. The lowest BCUT2D eigenvalue weighted by atomic mass is 9.96. The molecule has 0 spiro atoms. The Kier molecular flexibility index (Phi) is 3.55. The van der Waals surface area contributed by atoms with Gasteiger partial charge in [0.05, 0.1) is 0 Å². The molecule has 0 aliphatic carbocycles. The minimum Gasteiger partial charge on any atom is -0.312 e. The van der Waals surface area contributed by atoms with Crippen molar-refractivity contribution in [2.24, 2.45) is 0 Å². The van der Waals surface area contributed by atoms with Gasteiger partial charge in [0.15, 0.2) is 0 Å². The van der Waals surface area contributed by atoms with Crippen molar-refractivity contribution in [3.8, 4) is 0 Å². The van der Waals surface area contributed by atoms with Crippen LogP contribution in [0.2, 0.25) is 0 Å². The van der Waals surface area contributed by atoms with E-state index in [1.807, 2.05) is 31.2 Å². The molecular weight excluding hydrogens is 306 g/mol. The molecule has 2 fully saturated rings. The third-order valence-corrected chi connectivity index (χ3v) is 5.37. The van der Waals surface area contributed by atoms with E-state index in [-0.39, 0.29) is 36.5 Å². The molecular formula is C18H21N3O3. The molecule has 4 amide bonds. The Morgan fingerprint density at radius 2 is 2.00 bits per heavy atom. The summed E-state index contributed by atoms with van der Waals surface area (Å²) < 4.78 is 0. The van der Waals surface area contributed by atoms with Gasteiger partial charge in [0, 0.05) is 18.3 Å². The quantitative estimate of drug-likeness (QED) is 0.778. The van der Waals surface area contributed by atoms with Crippen LogP contribution in [0.1, 0.15) is 31.7 Å². The average molecular weight is 327 g/mol. The zero-order chi connectivity index (χ0) is 16.8. The summed E-state index contributed by atoms with van der Waals surface area (Å²) in [6.07, 6.45) is 3.40. The third kappa shape index (κ3) is 2.20. The van der Waals surface area contributed by atoms with Crippen LogP contribution >= 0.6 is 0 Å². The normalized spacial score (nSPS) is 26.0. The molecule has 3 heterocycles. The van der Waals surface area contributed by atoms with E-state index in [9.17, 15) is 14.4 Å². The van der Waals surface area contributed by atoms with Crippen LogP contribution in [-0.2, 0) is 16.0 Å². The fourth-order valence-electron chi connectivity index (χ4n) is 4.11. The molecule has 24 heavy (non-hydrogen) atoms. The van der Waals surface area contributed by atoms with Crippen molar-refractivity contribution < 1.29 is 14.4 Å². The summed E-state index contributed by atoms with van der Waals surface area (Å²) in [4.78, 5) is 42.2. The highest BCUT2D eigenvalue weighted by molar-refractivity contribution is 6.08. The molecule has 0 N–H and O–H groups in total. The van der Waals surface area contributed by atoms with Crippen molar-refractivity contribution >= 4 is 23.5 Å². The number of amides is 4. The van der Waals surface area contributed by atoms with Gasteiger partial charge in [-0.05, 0) is 44.2 Å². The number of aryl methyl sites for hydroxylation is 1. The topological polar surface area (TPSA) is 60.9 Å². The van der Waals surface area contributed by atoms with Crippen molar-refractivity contribution in [2.75, 3.05) is 18.0 Å². The number of hydrogen-bond donors (Lipinski definition) is 0. The Morgan fingerprint density at radius 3 is 2.79 bits per heavy atom. The Bertz CT molecular complexity index is 695. The predicted molar refractivity (Wildman–Crippen MR) is 88.5 cm³/mol. The first-order valence-corrected chi connectivity index (χ1v) is 8.60. The van der Waals surface area contributed by atoms with Crippen molar-refractivity contribution in [3.05, 3.63) is 29.8 Å². The lowest BCUT2D eigenvalue weighted by Gasteiger charge is -2.36. The van der Waals surface area contributed by atoms with E-state index < -0.39 is 0 Å². The number of para-hydroxylation sites is 1. The number of imide groups is 1. The maximum atomic E-state index is 12.9. The number of urea groups is 1. The second-order valence-corrected chi connectivity index (χ2v) is 6.84. The van der Waals surface area contributed by atoms with Gasteiger partial charge in [-0.2, -0.15) is 0 Å². The number of benzene rings is 1. The zero-order valence-electron chi connectivity index (χ0n) is 13.8. The lowest BCUT2D eigenvalue weighted by molar-refractivity contribution is -0.131. The average Bonchev–Trinajstić information content (AvgIpc) is 3.14. The summed E-state index contributed by atoms with van der Waals surface area (Å²) >= 11 is 0. The van der Waals surface area contributed by atoms with E-state index in [4.69, 9.17) is 0 Å².